The smallest absolute Gasteiger partial charge is 0.221 e. The maximum absolute atomic E-state index is 12.3. The molecule has 2 aliphatic rings. The molecular formula is C20H28N4OS. The molecule has 26 heavy (non-hydrogen) atoms. The van der Waals surface area contributed by atoms with Crippen molar-refractivity contribution in [1.29, 1.82) is 0 Å². The van der Waals surface area contributed by atoms with E-state index in [9.17, 15) is 4.79 Å². The summed E-state index contributed by atoms with van der Waals surface area (Å²) in [6, 6.07) is 2.45. The fourth-order valence-corrected chi connectivity index (χ4v) is 5.79. The zero-order valence-electron chi connectivity index (χ0n) is 15.6. The molecule has 4 unspecified atom stereocenters. The highest BCUT2D eigenvalue weighted by atomic mass is 32.1. The largest absolute Gasteiger partial charge is 0.369 e. The van der Waals surface area contributed by atoms with Crippen LogP contribution in [0.2, 0.25) is 0 Å². The number of fused-ring (bicyclic) bond motifs is 3. The molecule has 2 aromatic heterocycles. The molecule has 4 rings (SSSR count). The minimum absolute atomic E-state index is 0.137. The van der Waals surface area contributed by atoms with E-state index in [4.69, 9.17) is 0 Å². The molecule has 2 saturated carbocycles. The van der Waals surface area contributed by atoms with Gasteiger partial charge in [0.15, 0.2) is 0 Å². The molecule has 2 aliphatic carbocycles. The summed E-state index contributed by atoms with van der Waals surface area (Å²) in [7, 11) is 0. The molecule has 2 fully saturated rings. The van der Waals surface area contributed by atoms with Crippen LogP contribution in [0.1, 0.15) is 50.8 Å². The fourth-order valence-electron chi connectivity index (χ4n) is 4.85. The van der Waals surface area contributed by atoms with Crippen molar-refractivity contribution in [3.8, 4) is 0 Å². The highest BCUT2D eigenvalue weighted by Gasteiger charge is 2.42. The van der Waals surface area contributed by atoms with Gasteiger partial charge in [-0.25, -0.2) is 9.97 Å². The number of aromatic nitrogens is 2. The van der Waals surface area contributed by atoms with E-state index in [-0.39, 0.29) is 5.91 Å². The predicted octanol–water partition coefficient (Wildman–Crippen LogP) is 4.00. The van der Waals surface area contributed by atoms with Crippen molar-refractivity contribution in [2.24, 2.45) is 17.8 Å². The summed E-state index contributed by atoms with van der Waals surface area (Å²) in [5, 5.41) is 7.61. The minimum Gasteiger partial charge on any atom is -0.369 e. The van der Waals surface area contributed by atoms with Gasteiger partial charge in [0.25, 0.3) is 0 Å². The molecular weight excluding hydrogens is 344 g/mol. The second-order valence-corrected chi connectivity index (χ2v) is 8.99. The zero-order chi connectivity index (χ0) is 18.1. The van der Waals surface area contributed by atoms with Crippen LogP contribution in [0.5, 0.6) is 0 Å². The molecule has 1 amide bonds. The molecule has 2 heterocycles. The number of aryl methyl sites for hydroxylation is 1. The first-order valence-electron chi connectivity index (χ1n) is 9.90. The van der Waals surface area contributed by atoms with Gasteiger partial charge in [0, 0.05) is 23.9 Å². The van der Waals surface area contributed by atoms with Gasteiger partial charge in [0.1, 0.15) is 17.0 Å². The Bertz CT molecular complexity index is 789. The van der Waals surface area contributed by atoms with Crippen LogP contribution >= 0.6 is 11.3 Å². The van der Waals surface area contributed by atoms with Crippen LogP contribution in [-0.2, 0) is 11.2 Å². The number of rotatable bonds is 7. The predicted molar refractivity (Wildman–Crippen MR) is 106 cm³/mol. The van der Waals surface area contributed by atoms with Crippen molar-refractivity contribution < 1.29 is 4.79 Å². The van der Waals surface area contributed by atoms with Crippen molar-refractivity contribution in [3.05, 3.63) is 17.3 Å². The maximum atomic E-state index is 12.3. The van der Waals surface area contributed by atoms with E-state index < -0.39 is 0 Å². The summed E-state index contributed by atoms with van der Waals surface area (Å²) in [5.41, 5.74) is 0. The van der Waals surface area contributed by atoms with E-state index in [1.807, 2.05) is 0 Å². The van der Waals surface area contributed by atoms with Crippen LogP contribution < -0.4 is 10.6 Å². The van der Waals surface area contributed by atoms with Crippen molar-refractivity contribution in [2.75, 3.05) is 11.9 Å². The number of thiophene rings is 1. The van der Waals surface area contributed by atoms with Gasteiger partial charge in [-0.1, -0.05) is 13.3 Å². The molecule has 2 bridgehead atoms. The van der Waals surface area contributed by atoms with Crippen LogP contribution in [0.4, 0.5) is 5.82 Å². The summed E-state index contributed by atoms with van der Waals surface area (Å²) < 4.78 is 0. The Balaban J connectivity index is 1.28. The molecule has 0 aromatic carbocycles. The second kappa shape index (κ2) is 7.51. The van der Waals surface area contributed by atoms with Crippen molar-refractivity contribution in [3.63, 3.8) is 0 Å². The Morgan fingerprint density at radius 2 is 2.23 bits per heavy atom. The number of nitrogens with zero attached hydrogens (tertiary/aromatic N) is 2. The standard InChI is InChI=1S/C20H28N4OS/c1-3-15-10-17-19(22-11-23-20(17)26-15)21-7-6-18(25)24-12(2)16-9-13-4-5-14(16)8-13/h10-14,16H,3-9H2,1-2H3,(H,24,25)(H,21,22,23). The van der Waals surface area contributed by atoms with E-state index in [1.54, 1.807) is 17.7 Å². The van der Waals surface area contributed by atoms with Crippen LogP contribution in [0.3, 0.4) is 0 Å². The molecule has 4 atom stereocenters. The van der Waals surface area contributed by atoms with Gasteiger partial charge in [-0.15, -0.1) is 11.3 Å². The fraction of sp³-hybridized carbons (Fsp3) is 0.650. The SMILES string of the molecule is CCc1cc2c(NCCC(=O)NC(C)C3CC4CCC3C4)ncnc2s1. The van der Waals surface area contributed by atoms with Crippen molar-refractivity contribution in [1.82, 2.24) is 15.3 Å². The molecule has 2 aromatic rings. The van der Waals surface area contributed by atoms with Crippen molar-refractivity contribution >= 4 is 33.3 Å². The van der Waals surface area contributed by atoms with E-state index in [0.29, 0.717) is 24.9 Å². The number of amides is 1. The Hall–Kier alpha value is -1.69. The lowest BCUT2D eigenvalue weighted by molar-refractivity contribution is -0.121. The number of carbonyl (C=O) groups is 1. The molecule has 0 aliphatic heterocycles. The molecule has 2 N–H and O–H groups in total. The average molecular weight is 373 g/mol. The van der Waals surface area contributed by atoms with Gasteiger partial charge in [-0.05, 0) is 56.4 Å². The van der Waals surface area contributed by atoms with E-state index in [0.717, 1.165) is 34.3 Å². The molecule has 6 heteroatoms. The van der Waals surface area contributed by atoms with Gasteiger partial charge >= 0.3 is 0 Å². The lowest BCUT2D eigenvalue weighted by atomic mass is 9.84. The summed E-state index contributed by atoms with van der Waals surface area (Å²) in [5.74, 6) is 3.42. The van der Waals surface area contributed by atoms with Gasteiger partial charge in [0.2, 0.25) is 5.91 Å². The van der Waals surface area contributed by atoms with Gasteiger partial charge < -0.3 is 10.6 Å². The summed E-state index contributed by atoms with van der Waals surface area (Å²) >= 11 is 1.71. The van der Waals surface area contributed by atoms with Gasteiger partial charge in [0.05, 0.1) is 5.39 Å². The first-order chi connectivity index (χ1) is 12.6. The van der Waals surface area contributed by atoms with Crippen LogP contribution in [0.25, 0.3) is 10.2 Å². The number of nitrogens with one attached hydrogen (secondary N) is 2. The minimum atomic E-state index is 0.137. The average Bonchev–Trinajstić information content (AvgIpc) is 3.36. The Morgan fingerprint density at radius 1 is 1.35 bits per heavy atom. The monoisotopic (exact) mass is 372 g/mol. The lowest BCUT2D eigenvalue weighted by Crippen LogP contribution is -2.40. The lowest BCUT2D eigenvalue weighted by Gasteiger charge is -2.28. The topological polar surface area (TPSA) is 66.9 Å². The maximum Gasteiger partial charge on any atom is 0.221 e. The third-order valence-corrected chi connectivity index (χ3v) is 7.38. The van der Waals surface area contributed by atoms with Crippen LogP contribution in [0.15, 0.2) is 12.4 Å². The Kier molecular flexibility index (Phi) is 5.11. The van der Waals surface area contributed by atoms with Crippen molar-refractivity contribution in [2.45, 2.75) is 58.4 Å². The summed E-state index contributed by atoms with van der Waals surface area (Å²) in [4.78, 5) is 23.4. The molecule has 0 spiro atoms. The first-order valence-corrected chi connectivity index (χ1v) is 10.7. The third kappa shape index (κ3) is 3.56. The number of hydrogen-bond acceptors (Lipinski definition) is 5. The van der Waals surface area contributed by atoms with Gasteiger partial charge in [-0.3, -0.25) is 4.79 Å². The zero-order valence-corrected chi connectivity index (χ0v) is 16.4. The Morgan fingerprint density at radius 3 is 2.96 bits per heavy atom. The molecule has 0 saturated heterocycles. The summed E-state index contributed by atoms with van der Waals surface area (Å²) in [6.45, 7) is 4.92. The highest BCUT2D eigenvalue weighted by Crippen LogP contribution is 2.49. The number of carbonyl (C=O) groups excluding carboxylic acids is 1. The number of hydrogen-bond donors (Lipinski definition) is 2. The second-order valence-electron chi connectivity index (χ2n) is 7.88. The quantitative estimate of drug-likeness (QED) is 0.771. The Labute approximate surface area is 159 Å². The van der Waals surface area contributed by atoms with E-state index >= 15 is 0 Å². The van der Waals surface area contributed by atoms with Crippen LogP contribution in [0, 0.1) is 17.8 Å². The molecule has 0 radical (unpaired) electrons. The number of anilines is 1. The summed E-state index contributed by atoms with van der Waals surface area (Å²) in [6.07, 6.45) is 8.53. The normalized spacial score (nSPS) is 25.5. The van der Waals surface area contributed by atoms with E-state index in [2.05, 4.69) is 40.5 Å². The highest BCUT2D eigenvalue weighted by molar-refractivity contribution is 7.18. The third-order valence-electron chi connectivity index (χ3n) is 6.20. The van der Waals surface area contributed by atoms with Gasteiger partial charge in [-0.2, -0.15) is 0 Å². The first kappa shape index (κ1) is 17.7. The van der Waals surface area contributed by atoms with Crippen LogP contribution in [-0.4, -0.2) is 28.5 Å². The molecule has 140 valence electrons. The molecule has 5 nitrogen and oxygen atoms in total. The van der Waals surface area contributed by atoms with E-state index in [1.165, 1.54) is 30.6 Å².